The van der Waals surface area contributed by atoms with Gasteiger partial charge in [-0.3, -0.25) is 0 Å². The van der Waals surface area contributed by atoms with Crippen LogP contribution in [0.1, 0.15) is 82.6 Å². The van der Waals surface area contributed by atoms with Crippen molar-refractivity contribution in [3.05, 3.63) is 29.8 Å². The molecule has 0 atom stereocenters. The van der Waals surface area contributed by atoms with Gasteiger partial charge < -0.3 is 9.64 Å². The van der Waals surface area contributed by atoms with E-state index in [9.17, 15) is 0 Å². The molecule has 1 aromatic carbocycles. The number of hydrogen-bond acceptors (Lipinski definition) is 2. The van der Waals surface area contributed by atoms with E-state index in [2.05, 4.69) is 29.2 Å². The van der Waals surface area contributed by atoms with Crippen molar-refractivity contribution in [1.29, 1.82) is 0 Å². The Morgan fingerprint density at radius 3 is 1.59 bits per heavy atom. The summed E-state index contributed by atoms with van der Waals surface area (Å²) in [6.07, 6.45) is 20.7. The van der Waals surface area contributed by atoms with Crippen molar-refractivity contribution < 1.29 is 4.74 Å². The van der Waals surface area contributed by atoms with Gasteiger partial charge in [-0.1, -0.05) is 26.1 Å². The summed E-state index contributed by atoms with van der Waals surface area (Å²) in [6, 6.07) is 9.65. The van der Waals surface area contributed by atoms with Crippen LogP contribution >= 0.6 is 7.92 Å². The highest BCUT2D eigenvalue weighted by Crippen LogP contribution is 2.79. The van der Waals surface area contributed by atoms with Gasteiger partial charge in [0.2, 0.25) is 0 Å². The van der Waals surface area contributed by atoms with Crippen LogP contribution in [0, 0.1) is 35.5 Å². The standard InChI is InChI=1S/C31H44NOP/c1-2-4-29(32-5-7-33-8-6-32)28(3-1)21-34(30-15-22-9-23(16-30)11-24(10-22)17-30)31-18-25-12-26(19-31)14-27(13-25)20-31/h1-4,22-27H,5-21H2. The number of benzene rings is 1. The average Bonchev–Trinajstić information content (AvgIpc) is 2.81. The lowest BCUT2D eigenvalue weighted by atomic mass is 9.55. The molecule has 0 unspecified atom stereocenters. The maximum atomic E-state index is 5.73. The molecule has 0 aromatic heterocycles. The molecule has 3 heteroatoms. The molecule has 0 radical (unpaired) electrons. The van der Waals surface area contributed by atoms with Gasteiger partial charge in [-0.05, 0) is 141 Å². The molecule has 10 rings (SSSR count). The van der Waals surface area contributed by atoms with Gasteiger partial charge in [-0.25, -0.2) is 0 Å². The Balaban J connectivity index is 1.20. The SMILES string of the molecule is c1ccc(N2CCOCC2)c(CP(C23CC4CC(CC(C4)C2)C3)C23CC4CC(CC(C4)C2)C3)c1. The zero-order valence-electron chi connectivity index (χ0n) is 21.1. The molecule has 8 saturated carbocycles. The third kappa shape index (κ3) is 3.40. The lowest BCUT2D eigenvalue weighted by molar-refractivity contribution is 0.0184. The molecule has 0 spiro atoms. The molecule has 0 amide bonds. The minimum atomic E-state index is 0.0197. The molecule has 9 aliphatic rings. The first-order valence-corrected chi connectivity index (χ1v) is 16.4. The van der Waals surface area contributed by atoms with Crippen molar-refractivity contribution in [3.63, 3.8) is 0 Å². The summed E-state index contributed by atoms with van der Waals surface area (Å²) in [5.41, 5.74) is 3.27. The van der Waals surface area contributed by atoms with Crippen molar-refractivity contribution in [2.45, 2.75) is 93.5 Å². The van der Waals surface area contributed by atoms with Crippen molar-refractivity contribution >= 4 is 13.6 Å². The number of hydrogen-bond donors (Lipinski definition) is 0. The van der Waals surface area contributed by atoms with E-state index in [4.69, 9.17) is 4.74 Å². The highest BCUT2D eigenvalue weighted by molar-refractivity contribution is 7.60. The first-order valence-electron chi connectivity index (χ1n) is 14.8. The van der Waals surface area contributed by atoms with Crippen LogP contribution in [0.25, 0.3) is 0 Å². The summed E-state index contributed by atoms with van der Waals surface area (Å²) < 4.78 is 5.73. The second kappa shape index (κ2) is 7.95. The van der Waals surface area contributed by atoms with E-state index in [1.165, 1.54) is 6.16 Å². The van der Waals surface area contributed by atoms with E-state index < -0.39 is 0 Å². The number of nitrogens with zero attached hydrogens (tertiary/aromatic N) is 1. The van der Waals surface area contributed by atoms with Crippen LogP contribution in [-0.2, 0) is 10.9 Å². The van der Waals surface area contributed by atoms with Gasteiger partial charge in [0, 0.05) is 18.8 Å². The molecule has 34 heavy (non-hydrogen) atoms. The predicted molar refractivity (Wildman–Crippen MR) is 142 cm³/mol. The largest absolute Gasteiger partial charge is 0.378 e. The molecule has 9 fully saturated rings. The van der Waals surface area contributed by atoms with Crippen LogP contribution in [0.15, 0.2) is 24.3 Å². The highest BCUT2D eigenvalue weighted by atomic mass is 31.1. The molecule has 2 nitrogen and oxygen atoms in total. The fraction of sp³-hybridized carbons (Fsp3) is 0.806. The number of morpholine rings is 1. The average molecular weight is 478 g/mol. The summed E-state index contributed by atoms with van der Waals surface area (Å²) in [5, 5.41) is 1.46. The second-order valence-corrected chi connectivity index (χ2v) is 17.2. The summed E-state index contributed by atoms with van der Waals surface area (Å²) in [4.78, 5) is 2.66. The van der Waals surface area contributed by atoms with Crippen molar-refractivity contribution in [2.24, 2.45) is 35.5 Å². The minimum Gasteiger partial charge on any atom is -0.378 e. The Morgan fingerprint density at radius 1 is 0.676 bits per heavy atom. The van der Waals surface area contributed by atoms with E-state index >= 15 is 0 Å². The van der Waals surface area contributed by atoms with Crippen LogP contribution < -0.4 is 4.90 Å². The fourth-order valence-electron chi connectivity index (χ4n) is 11.6. The predicted octanol–water partition coefficient (Wildman–Crippen LogP) is 7.44. The number of para-hydroxylation sites is 1. The van der Waals surface area contributed by atoms with Crippen molar-refractivity contribution in [2.75, 3.05) is 31.2 Å². The molecule has 0 N–H and O–H groups in total. The zero-order valence-corrected chi connectivity index (χ0v) is 22.0. The summed E-state index contributed by atoms with van der Waals surface area (Å²) in [6.45, 7) is 3.94. The van der Waals surface area contributed by atoms with Gasteiger partial charge in [0.05, 0.1) is 13.2 Å². The van der Waals surface area contributed by atoms with Crippen molar-refractivity contribution in [3.8, 4) is 0 Å². The normalized spacial score (nSPS) is 47.4. The molecule has 1 saturated heterocycles. The topological polar surface area (TPSA) is 12.5 Å². The summed E-state index contributed by atoms with van der Waals surface area (Å²) >= 11 is 0. The third-order valence-corrected chi connectivity index (χ3v) is 15.9. The molecular weight excluding hydrogens is 433 g/mol. The Hall–Kier alpha value is -0.590. The van der Waals surface area contributed by atoms with E-state index in [-0.39, 0.29) is 7.92 Å². The first kappa shape index (κ1) is 21.5. The molecule has 1 heterocycles. The minimum absolute atomic E-state index is 0.0197. The Bertz CT molecular complexity index is 821. The van der Waals surface area contributed by atoms with Gasteiger partial charge in [0.15, 0.2) is 0 Å². The van der Waals surface area contributed by atoms with Crippen LogP contribution in [0.4, 0.5) is 5.69 Å². The number of anilines is 1. The fourth-order valence-corrected chi connectivity index (χ4v) is 16.7. The monoisotopic (exact) mass is 477 g/mol. The Labute approximate surface area is 208 Å². The summed E-state index contributed by atoms with van der Waals surface area (Å²) in [7, 11) is 0.0197. The van der Waals surface area contributed by atoms with Gasteiger partial charge in [-0.15, -0.1) is 0 Å². The van der Waals surface area contributed by atoms with E-state index in [0.29, 0.717) is 0 Å². The zero-order chi connectivity index (χ0) is 22.3. The molecular formula is C31H44NOP. The van der Waals surface area contributed by atoms with Gasteiger partial charge in [-0.2, -0.15) is 0 Å². The van der Waals surface area contributed by atoms with Crippen LogP contribution in [0.5, 0.6) is 0 Å². The second-order valence-electron chi connectivity index (χ2n) is 14.1. The smallest absolute Gasteiger partial charge is 0.0642 e. The van der Waals surface area contributed by atoms with E-state index in [1.54, 1.807) is 88.3 Å². The molecule has 1 aromatic rings. The maximum Gasteiger partial charge on any atom is 0.0642 e. The van der Waals surface area contributed by atoms with E-state index in [0.717, 1.165) is 72.1 Å². The summed E-state index contributed by atoms with van der Waals surface area (Å²) in [5.74, 6) is 6.50. The maximum absolute atomic E-state index is 5.73. The van der Waals surface area contributed by atoms with Gasteiger partial charge in [0.1, 0.15) is 0 Å². The van der Waals surface area contributed by atoms with Crippen LogP contribution in [0.2, 0.25) is 0 Å². The molecule has 8 aliphatic carbocycles. The highest BCUT2D eigenvalue weighted by Gasteiger charge is 2.62. The van der Waals surface area contributed by atoms with Crippen LogP contribution in [0.3, 0.4) is 0 Å². The lowest BCUT2D eigenvalue weighted by Crippen LogP contribution is -2.56. The molecule has 8 bridgehead atoms. The Morgan fingerprint density at radius 2 is 1.12 bits per heavy atom. The van der Waals surface area contributed by atoms with Gasteiger partial charge in [0.25, 0.3) is 0 Å². The van der Waals surface area contributed by atoms with E-state index in [1.807, 2.05) is 0 Å². The molecule has 184 valence electrons. The van der Waals surface area contributed by atoms with Gasteiger partial charge >= 0.3 is 0 Å². The van der Waals surface area contributed by atoms with Crippen LogP contribution in [-0.4, -0.2) is 36.6 Å². The number of rotatable bonds is 5. The lowest BCUT2D eigenvalue weighted by Gasteiger charge is -2.67. The Kier molecular flexibility index (Phi) is 5.03. The molecule has 1 aliphatic heterocycles. The number of ether oxygens (including phenoxy) is 1. The quantitative estimate of drug-likeness (QED) is 0.409. The first-order chi connectivity index (χ1) is 16.7. The van der Waals surface area contributed by atoms with Crippen molar-refractivity contribution in [1.82, 2.24) is 0 Å². The third-order valence-electron chi connectivity index (χ3n) is 11.8.